The highest BCUT2D eigenvalue weighted by molar-refractivity contribution is 5.71. The maximum atomic E-state index is 12.8. The molecule has 0 aromatic heterocycles. The molecule has 0 aromatic carbocycles. The molecule has 0 N–H and O–H groups in total. The Morgan fingerprint density at radius 2 is 0.656 bits per heavy atom. The smallest absolute Gasteiger partial charge is 0.306 e. The van der Waals surface area contributed by atoms with Gasteiger partial charge in [-0.25, -0.2) is 0 Å². The predicted molar refractivity (Wildman–Crippen MR) is 274 cm³/mol. The minimum atomic E-state index is -0.799. The van der Waals surface area contributed by atoms with Crippen molar-refractivity contribution in [2.45, 2.75) is 252 Å². The van der Waals surface area contributed by atoms with E-state index in [0.717, 1.165) is 116 Å². The van der Waals surface area contributed by atoms with Gasteiger partial charge < -0.3 is 14.2 Å². The number of hydrogen-bond acceptors (Lipinski definition) is 6. The summed E-state index contributed by atoms with van der Waals surface area (Å²) in [6, 6.07) is 0. The lowest BCUT2D eigenvalue weighted by atomic mass is 10.1. The van der Waals surface area contributed by atoms with Gasteiger partial charge in [-0.1, -0.05) is 209 Å². The Labute approximate surface area is 395 Å². The molecule has 366 valence electrons. The fourth-order valence-electron chi connectivity index (χ4n) is 7.19. The van der Waals surface area contributed by atoms with Crippen LogP contribution in [0.25, 0.3) is 0 Å². The number of unbranched alkanes of at least 4 members (excludes halogenated alkanes) is 23. The van der Waals surface area contributed by atoms with Crippen molar-refractivity contribution in [3.63, 3.8) is 0 Å². The van der Waals surface area contributed by atoms with Crippen LogP contribution >= 0.6 is 0 Å². The fraction of sp³-hybridized carbons (Fsp3) is 0.707. The Balaban J connectivity index is 4.46. The van der Waals surface area contributed by atoms with Crippen molar-refractivity contribution in [1.82, 2.24) is 0 Å². The SMILES string of the molecule is CC/C=C\C/C=C\C/C=C\CCCCCCCCC(=O)OCC(COC(=O)CCCCCCCCC/C=C\C/C=C\CC)OC(=O)CCCCC/C=C\C=C/CCCCCCCCC. The summed E-state index contributed by atoms with van der Waals surface area (Å²) in [6.45, 7) is 6.38. The largest absolute Gasteiger partial charge is 0.462 e. The van der Waals surface area contributed by atoms with E-state index in [0.29, 0.717) is 19.3 Å². The molecule has 0 bridgehead atoms. The molecule has 0 saturated heterocycles. The summed E-state index contributed by atoms with van der Waals surface area (Å²) in [5.41, 5.74) is 0. The van der Waals surface area contributed by atoms with E-state index in [2.05, 4.69) is 106 Å². The number of esters is 3. The average Bonchev–Trinajstić information content (AvgIpc) is 3.29. The molecule has 0 aliphatic heterocycles. The van der Waals surface area contributed by atoms with Crippen LogP contribution in [0.5, 0.6) is 0 Å². The van der Waals surface area contributed by atoms with Gasteiger partial charge in [0.25, 0.3) is 0 Å². The molecule has 6 nitrogen and oxygen atoms in total. The molecule has 0 aliphatic rings. The number of allylic oxidation sites excluding steroid dienone is 14. The molecular formula is C58H98O6. The average molecular weight is 891 g/mol. The minimum Gasteiger partial charge on any atom is -0.462 e. The highest BCUT2D eigenvalue weighted by atomic mass is 16.6. The highest BCUT2D eigenvalue weighted by Crippen LogP contribution is 2.14. The van der Waals surface area contributed by atoms with Gasteiger partial charge in [-0.05, 0) is 103 Å². The molecule has 0 aliphatic carbocycles. The van der Waals surface area contributed by atoms with Gasteiger partial charge in [-0.2, -0.15) is 0 Å². The second-order valence-electron chi connectivity index (χ2n) is 17.4. The van der Waals surface area contributed by atoms with Crippen LogP contribution in [0.2, 0.25) is 0 Å². The van der Waals surface area contributed by atoms with Crippen LogP contribution in [-0.2, 0) is 28.6 Å². The van der Waals surface area contributed by atoms with Gasteiger partial charge in [0.2, 0.25) is 0 Å². The zero-order valence-corrected chi connectivity index (χ0v) is 41.8. The van der Waals surface area contributed by atoms with Crippen LogP contribution in [0.4, 0.5) is 0 Å². The van der Waals surface area contributed by atoms with Gasteiger partial charge in [-0.3, -0.25) is 14.4 Å². The molecule has 0 spiro atoms. The first-order chi connectivity index (χ1) is 31.5. The molecule has 0 fully saturated rings. The molecule has 0 radical (unpaired) electrons. The molecule has 64 heavy (non-hydrogen) atoms. The van der Waals surface area contributed by atoms with Gasteiger partial charge in [0.05, 0.1) is 0 Å². The summed E-state index contributed by atoms with van der Waals surface area (Å²) in [6.07, 6.45) is 67.1. The van der Waals surface area contributed by atoms with E-state index in [1.807, 2.05) is 0 Å². The Bertz CT molecular complexity index is 1250. The maximum Gasteiger partial charge on any atom is 0.306 e. The number of ether oxygens (including phenoxy) is 3. The van der Waals surface area contributed by atoms with Crippen molar-refractivity contribution in [1.29, 1.82) is 0 Å². The lowest BCUT2D eigenvalue weighted by Crippen LogP contribution is -2.30. The molecule has 0 aromatic rings. The third kappa shape index (κ3) is 49.6. The molecule has 1 unspecified atom stereocenters. The second-order valence-corrected chi connectivity index (χ2v) is 17.4. The molecule has 0 saturated carbocycles. The van der Waals surface area contributed by atoms with Gasteiger partial charge in [0.15, 0.2) is 6.10 Å². The standard InChI is InChI=1S/C58H98O6/c1-4-7-10-13-16-19-22-25-28-30-33-36-39-42-45-48-51-57(60)63-54-55(53-62-56(59)50-47-44-41-38-35-32-27-24-21-18-15-12-9-6-3)64-58(61)52-49-46-43-40-37-34-31-29-26-23-20-17-14-11-8-5-2/h7,9-10,12,16,18-19,21,25,28-29,31,34,37,55H,4-6,8,11,13-15,17,20,22-24,26-27,30,32-33,35-36,38-54H2,1-3H3/b10-7-,12-9-,19-16-,21-18-,28-25-,31-29-,37-34-. The van der Waals surface area contributed by atoms with Gasteiger partial charge in [0, 0.05) is 19.3 Å². The van der Waals surface area contributed by atoms with E-state index in [-0.39, 0.29) is 31.1 Å². The van der Waals surface area contributed by atoms with Crippen LogP contribution in [0.15, 0.2) is 85.1 Å². The van der Waals surface area contributed by atoms with Crippen molar-refractivity contribution < 1.29 is 28.6 Å². The molecule has 6 heteroatoms. The van der Waals surface area contributed by atoms with Crippen molar-refractivity contribution in [2.24, 2.45) is 0 Å². The molecule has 0 amide bonds. The van der Waals surface area contributed by atoms with Gasteiger partial charge >= 0.3 is 17.9 Å². The van der Waals surface area contributed by atoms with Crippen molar-refractivity contribution in [3.8, 4) is 0 Å². The Hall–Kier alpha value is -3.41. The van der Waals surface area contributed by atoms with E-state index in [1.165, 1.54) is 89.9 Å². The second kappa shape index (κ2) is 52.2. The van der Waals surface area contributed by atoms with Crippen LogP contribution in [-0.4, -0.2) is 37.2 Å². The Morgan fingerprint density at radius 3 is 1.06 bits per heavy atom. The Kier molecular flexibility index (Phi) is 49.4. The van der Waals surface area contributed by atoms with E-state index in [1.54, 1.807) is 0 Å². The number of rotatable bonds is 47. The molecule has 1 atom stereocenters. The van der Waals surface area contributed by atoms with Crippen molar-refractivity contribution in [3.05, 3.63) is 85.1 Å². The summed E-state index contributed by atoms with van der Waals surface area (Å²) in [5, 5.41) is 0. The lowest BCUT2D eigenvalue weighted by molar-refractivity contribution is -0.167. The first-order valence-electron chi connectivity index (χ1n) is 26.6. The van der Waals surface area contributed by atoms with Gasteiger partial charge in [-0.15, -0.1) is 0 Å². The van der Waals surface area contributed by atoms with E-state index < -0.39 is 6.10 Å². The Morgan fingerprint density at radius 1 is 0.344 bits per heavy atom. The lowest BCUT2D eigenvalue weighted by Gasteiger charge is -2.18. The molecular weight excluding hydrogens is 793 g/mol. The number of hydrogen-bond donors (Lipinski definition) is 0. The summed E-state index contributed by atoms with van der Waals surface area (Å²) in [5.74, 6) is -0.943. The van der Waals surface area contributed by atoms with Gasteiger partial charge in [0.1, 0.15) is 13.2 Å². The van der Waals surface area contributed by atoms with E-state index in [9.17, 15) is 14.4 Å². The predicted octanol–water partition coefficient (Wildman–Crippen LogP) is 17.6. The summed E-state index contributed by atoms with van der Waals surface area (Å²) in [4.78, 5) is 38.0. The van der Waals surface area contributed by atoms with Crippen molar-refractivity contribution >= 4 is 17.9 Å². The van der Waals surface area contributed by atoms with Crippen LogP contribution in [0.3, 0.4) is 0 Å². The summed E-state index contributed by atoms with van der Waals surface area (Å²) < 4.78 is 16.8. The minimum absolute atomic E-state index is 0.0962. The molecule has 0 rings (SSSR count). The van der Waals surface area contributed by atoms with Crippen LogP contribution < -0.4 is 0 Å². The monoisotopic (exact) mass is 891 g/mol. The zero-order chi connectivity index (χ0) is 46.5. The normalized spacial score (nSPS) is 12.7. The third-order valence-corrected chi connectivity index (χ3v) is 11.1. The number of carbonyl (C=O) groups excluding carboxylic acids is 3. The van der Waals surface area contributed by atoms with Crippen LogP contribution in [0.1, 0.15) is 245 Å². The highest BCUT2D eigenvalue weighted by Gasteiger charge is 2.19. The quantitative estimate of drug-likeness (QED) is 0.0199. The molecule has 0 heterocycles. The third-order valence-electron chi connectivity index (χ3n) is 11.1. The van der Waals surface area contributed by atoms with E-state index in [4.69, 9.17) is 14.2 Å². The zero-order valence-electron chi connectivity index (χ0n) is 41.8. The first kappa shape index (κ1) is 60.6. The summed E-state index contributed by atoms with van der Waals surface area (Å²) >= 11 is 0. The first-order valence-corrected chi connectivity index (χ1v) is 26.6. The van der Waals surface area contributed by atoms with Crippen LogP contribution in [0, 0.1) is 0 Å². The fourth-order valence-corrected chi connectivity index (χ4v) is 7.19. The van der Waals surface area contributed by atoms with Crippen molar-refractivity contribution in [2.75, 3.05) is 13.2 Å². The topological polar surface area (TPSA) is 78.9 Å². The maximum absolute atomic E-state index is 12.8. The summed E-state index contributed by atoms with van der Waals surface area (Å²) in [7, 11) is 0. The number of carbonyl (C=O) groups is 3. The van der Waals surface area contributed by atoms with E-state index >= 15 is 0 Å².